The molecule has 0 bridgehead atoms. The molecule has 28 heavy (non-hydrogen) atoms. The van der Waals surface area contributed by atoms with Crippen molar-refractivity contribution in [2.45, 2.75) is 12.8 Å². The number of carbonyl (C=O) groups excluding carboxylic acids is 1. The molecule has 0 unspecified atom stereocenters. The molecule has 4 nitrogen and oxygen atoms in total. The molecular weight excluding hydrogens is 374 g/mol. The number of rotatable bonds is 7. The second-order valence-electron chi connectivity index (χ2n) is 6.28. The molecule has 0 heterocycles. The number of hydrogen-bond acceptors (Lipinski definition) is 3. The number of nitrogens with one attached hydrogen (secondary N) is 1. The van der Waals surface area contributed by atoms with E-state index in [9.17, 15) is 4.79 Å². The maximum atomic E-state index is 12.9. The molecule has 5 heteroatoms. The topological polar surface area (TPSA) is 47.6 Å². The number of benzene rings is 3. The van der Waals surface area contributed by atoms with Gasteiger partial charge in [-0.05, 0) is 36.1 Å². The monoisotopic (exact) mass is 395 g/mol. The maximum absolute atomic E-state index is 12.9. The Morgan fingerprint density at radius 2 is 1.57 bits per heavy atom. The van der Waals surface area contributed by atoms with Gasteiger partial charge in [-0.15, -0.1) is 0 Å². The fourth-order valence-corrected chi connectivity index (χ4v) is 3.27. The van der Waals surface area contributed by atoms with Crippen molar-refractivity contribution in [1.82, 2.24) is 0 Å². The Morgan fingerprint density at radius 3 is 2.29 bits per heavy atom. The lowest BCUT2D eigenvalue weighted by atomic mass is 9.99. The Bertz CT molecular complexity index is 957. The van der Waals surface area contributed by atoms with Crippen molar-refractivity contribution in [2.24, 2.45) is 0 Å². The molecule has 1 N–H and O–H groups in total. The highest BCUT2D eigenvalue weighted by molar-refractivity contribution is 6.32. The third kappa shape index (κ3) is 4.65. The fourth-order valence-electron chi connectivity index (χ4n) is 3.03. The molecule has 144 valence electrons. The van der Waals surface area contributed by atoms with Crippen LogP contribution in [0.1, 0.15) is 21.5 Å². The molecule has 0 saturated heterocycles. The van der Waals surface area contributed by atoms with Crippen molar-refractivity contribution in [3.05, 3.63) is 88.4 Å². The van der Waals surface area contributed by atoms with E-state index >= 15 is 0 Å². The first-order chi connectivity index (χ1) is 13.6. The van der Waals surface area contributed by atoms with Gasteiger partial charge in [-0.2, -0.15) is 0 Å². The van der Waals surface area contributed by atoms with Gasteiger partial charge in [0.15, 0.2) is 0 Å². The number of hydrogen-bond donors (Lipinski definition) is 1. The van der Waals surface area contributed by atoms with Crippen LogP contribution in [0.25, 0.3) is 0 Å². The minimum atomic E-state index is -0.205. The lowest BCUT2D eigenvalue weighted by molar-refractivity contribution is 0.102. The molecule has 0 aliphatic rings. The molecule has 3 aromatic rings. The first kappa shape index (κ1) is 19.8. The highest BCUT2D eigenvalue weighted by Crippen LogP contribution is 2.36. The van der Waals surface area contributed by atoms with E-state index in [4.69, 9.17) is 21.1 Å². The average molecular weight is 396 g/mol. The summed E-state index contributed by atoms with van der Waals surface area (Å²) in [6.07, 6.45) is 1.64. The van der Waals surface area contributed by atoms with Gasteiger partial charge in [-0.1, -0.05) is 60.1 Å². The van der Waals surface area contributed by atoms with Gasteiger partial charge in [0, 0.05) is 11.6 Å². The van der Waals surface area contributed by atoms with Gasteiger partial charge in [0.25, 0.3) is 5.91 Å². The van der Waals surface area contributed by atoms with Crippen LogP contribution in [-0.2, 0) is 12.8 Å². The smallest absolute Gasteiger partial charge is 0.256 e. The predicted molar refractivity (Wildman–Crippen MR) is 113 cm³/mol. The maximum Gasteiger partial charge on any atom is 0.256 e. The molecule has 0 radical (unpaired) electrons. The Morgan fingerprint density at radius 1 is 0.893 bits per heavy atom. The third-order valence-corrected chi connectivity index (χ3v) is 4.81. The van der Waals surface area contributed by atoms with Gasteiger partial charge in [0.05, 0.1) is 24.9 Å². The lowest BCUT2D eigenvalue weighted by Crippen LogP contribution is -2.15. The van der Waals surface area contributed by atoms with E-state index in [1.165, 1.54) is 19.8 Å². The van der Waals surface area contributed by atoms with Crippen molar-refractivity contribution in [3.8, 4) is 11.5 Å². The summed E-state index contributed by atoms with van der Waals surface area (Å²) in [6.45, 7) is 0. The molecule has 0 saturated carbocycles. The number of aryl methyl sites for hydroxylation is 2. The van der Waals surface area contributed by atoms with Crippen molar-refractivity contribution >= 4 is 23.2 Å². The molecule has 0 spiro atoms. The number of amides is 1. The molecule has 1 amide bonds. The van der Waals surface area contributed by atoms with Gasteiger partial charge >= 0.3 is 0 Å². The molecule has 3 aromatic carbocycles. The lowest BCUT2D eigenvalue weighted by Gasteiger charge is -2.14. The van der Waals surface area contributed by atoms with Crippen LogP contribution in [0.3, 0.4) is 0 Å². The second kappa shape index (κ2) is 9.29. The first-order valence-electron chi connectivity index (χ1n) is 8.97. The van der Waals surface area contributed by atoms with Gasteiger partial charge in [-0.25, -0.2) is 0 Å². The summed E-state index contributed by atoms with van der Waals surface area (Å²) in [5, 5.41) is 3.30. The van der Waals surface area contributed by atoms with Crippen LogP contribution >= 0.6 is 11.6 Å². The Kier molecular flexibility index (Phi) is 6.56. The molecule has 0 aliphatic heterocycles. The normalized spacial score (nSPS) is 10.4. The number of anilines is 1. The standard InChI is InChI=1S/C23H22ClNO3/c1-27-21-15-22(28-2)20(14-19(21)24)25-23(26)18-11-7-6-10-17(18)13-12-16-8-4-3-5-9-16/h3-11,14-15H,12-13H2,1-2H3,(H,25,26). The minimum Gasteiger partial charge on any atom is -0.495 e. The van der Waals surface area contributed by atoms with Crippen molar-refractivity contribution < 1.29 is 14.3 Å². The number of carbonyl (C=O) groups is 1. The zero-order valence-electron chi connectivity index (χ0n) is 15.9. The number of ether oxygens (including phenoxy) is 2. The van der Waals surface area contributed by atoms with Crippen LogP contribution in [0.4, 0.5) is 5.69 Å². The quantitative estimate of drug-likeness (QED) is 0.583. The van der Waals surface area contributed by atoms with Crippen LogP contribution in [0.5, 0.6) is 11.5 Å². The summed E-state index contributed by atoms with van der Waals surface area (Å²) >= 11 is 6.20. The van der Waals surface area contributed by atoms with E-state index in [2.05, 4.69) is 17.4 Å². The summed E-state index contributed by atoms with van der Waals surface area (Å²) in [6, 6.07) is 21.1. The molecule has 0 aliphatic carbocycles. The molecule has 0 fully saturated rings. The van der Waals surface area contributed by atoms with Gasteiger partial charge < -0.3 is 14.8 Å². The van der Waals surface area contributed by atoms with Crippen LogP contribution in [0, 0.1) is 0 Å². The summed E-state index contributed by atoms with van der Waals surface area (Å²) < 4.78 is 10.6. The Balaban J connectivity index is 1.81. The number of methoxy groups -OCH3 is 2. The highest BCUT2D eigenvalue weighted by atomic mass is 35.5. The molecular formula is C23H22ClNO3. The van der Waals surface area contributed by atoms with E-state index in [0.717, 1.165) is 18.4 Å². The van der Waals surface area contributed by atoms with E-state index in [0.29, 0.717) is 27.8 Å². The first-order valence-corrected chi connectivity index (χ1v) is 9.35. The summed E-state index contributed by atoms with van der Waals surface area (Å²) in [5.74, 6) is 0.763. The van der Waals surface area contributed by atoms with Crippen molar-refractivity contribution in [3.63, 3.8) is 0 Å². The summed E-state index contributed by atoms with van der Waals surface area (Å²) in [5.41, 5.74) is 3.35. The van der Waals surface area contributed by atoms with Crippen LogP contribution in [-0.4, -0.2) is 20.1 Å². The largest absolute Gasteiger partial charge is 0.495 e. The Hall–Kier alpha value is -2.98. The van der Waals surface area contributed by atoms with Crippen molar-refractivity contribution in [2.75, 3.05) is 19.5 Å². The zero-order valence-corrected chi connectivity index (χ0v) is 16.6. The summed E-state index contributed by atoms with van der Waals surface area (Å²) in [7, 11) is 3.06. The number of halogens is 1. The fraction of sp³-hybridized carbons (Fsp3) is 0.174. The van der Waals surface area contributed by atoms with Gasteiger partial charge in [-0.3, -0.25) is 4.79 Å². The van der Waals surface area contributed by atoms with Crippen LogP contribution in [0.2, 0.25) is 5.02 Å². The highest BCUT2D eigenvalue weighted by Gasteiger charge is 2.16. The SMILES string of the molecule is COc1cc(OC)c(NC(=O)c2ccccc2CCc2ccccc2)cc1Cl. The van der Waals surface area contributed by atoms with Crippen LogP contribution < -0.4 is 14.8 Å². The third-order valence-electron chi connectivity index (χ3n) is 4.51. The van der Waals surface area contributed by atoms with Gasteiger partial charge in [0.2, 0.25) is 0 Å². The average Bonchev–Trinajstić information content (AvgIpc) is 2.73. The van der Waals surface area contributed by atoms with E-state index in [-0.39, 0.29) is 5.91 Å². The van der Waals surface area contributed by atoms with E-state index < -0.39 is 0 Å². The molecule has 3 rings (SSSR count). The zero-order chi connectivity index (χ0) is 19.9. The Labute approximate surface area is 170 Å². The molecule has 0 atom stereocenters. The minimum absolute atomic E-state index is 0.205. The van der Waals surface area contributed by atoms with E-state index in [1.807, 2.05) is 42.5 Å². The van der Waals surface area contributed by atoms with E-state index in [1.54, 1.807) is 12.1 Å². The second-order valence-corrected chi connectivity index (χ2v) is 6.69. The van der Waals surface area contributed by atoms with Crippen molar-refractivity contribution in [1.29, 1.82) is 0 Å². The predicted octanol–water partition coefficient (Wildman–Crippen LogP) is 5.39. The van der Waals surface area contributed by atoms with Crippen LogP contribution in [0.15, 0.2) is 66.7 Å². The molecule has 0 aromatic heterocycles. The summed E-state index contributed by atoms with van der Waals surface area (Å²) in [4.78, 5) is 12.9. The van der Waals surface area contributed by atoms with Gasteiger partial charge in [0.1, 0.15) is 11.5 Å².